The van der Waals surface area contributed by atoms with E-state index in [-0.39, 0.29) is 0 Å². The summed E-state index contributed by atoms with van der Waals surface area (Å²) in [5.74, 6) is -0.612. The topological polar surface area (TPSA) is 63.3 Å². The third kappa shape index (κ3) is 4.81. The zero-order valence-corrected chi connectivity index (χ0v) is 6.97. The highest BCUT2D eigenvalue weighted by Crippen LogP contribution is 2.05. The molecule has 0 aliphatic carbocycles. The second-order valence-electron chi connectivity index (χ2n) is 2.37. The van der Waals surface area contributed by atoms with E-state index >= 15 is 0 Å². The van der Waals surface area contributed by atoms with Crippen LogP contribution in [0.5, 0.6) is 0 Å². The van der Waals surface area contributed by atoms with Crippen LogP contribution < -0.4 is 5.73 Å². The van der Waals surface area contributed by atoms with Crippen molar-refractivity contribution in [2.45, 2.75) is 18.9 Å². The monoisotopic (exact) mass is 177 g/mol. The number of hydrogen-bond donors (Lipinski definition) is 2. The molecule has 11 heavy (non-hydrogen) atoms. The maximum Gasteiger partial charge on any atom is 0.320 e. The Bertz CT molecular complexity index is 159. The molecule has 3 nitrogen and oxygen atoms in total. The van der Waals surface area contributed by atoms with Gasteiger partial charge >= 0.3 is 5.97 Å². The van der Waals surface area contributed by atoms with Crippen LogP contribution in [0.1, 0.15) is 12.8 Å². The predicted molar refractivity (Wildman–Crippen MR) is 44.7 cm³/mol. The quantitative estimate of drug-likeness (QED) is 0.486. The van der Waals surface area contributed by atoms with Crippen LogP contribution in [0.2, 0.25) is 0 Å². The Balaban J connectivity index is 3.54. The molecule has 0 aromatic rings. The third-order valence-corrected chi connectivity index (χ3v) is 1.69. The average Bonchev–Trinajstić information content (AvgIpc) is 1.99. The number of carboxylic acids is 1. The van der Waals surface area contributed by atoms with Gasteiger partial charge in [-0.25, -0.2) is 0 Å². The molecule has 0 heterocycles. The van der Waals surface area contributed by atoms with Crippen LogP contribution in [0.4, 0.5) is 0 Å². The van der Waals surface area contributed by atoms with Crippen LogP contribution in [0.25, 0.3) is 0 Å². The molecule has 0 rings (SSSR count). The Hall–Kier alpha value is -0.540. The lowest BCUT2D eigenvalue weighted by molar-refractivity contribution is -0.138. The lowest BCUT2D eigenvalue weighted by Crippen LogP contribution is -2.29. The molecule has 0 saturated carbocycles. The Morgan fingerprint density at radius 1 is 1.73 bits per heavy atom. The van der Waals surface area contributed by atoms with E-state index in [1.165, 1.54) is 0 Å². The molecule has 0 bridgehead atoms. The van der Waals surface area contributed by atoms with Crippen LogP contribution >= 0.6 is 11.6 Å². The molecule has 0 aromatic heterocycles. The fourth-order valence-corrected chi connectivity index (χ4v) is 0.684. The zero-order valence-electron chi connectivity index (χ0n) is 6.22. The summed E-state index contributed by atoms with van der Waals surface area (Å²) in [5, 5.41) is 8.38. The average molecular weight is 178 g/mol. The molecule has 0 aliphatic heterocycles. The molecule has 0 fully saturated rings. The van der Waals surface area contributed by atoms with Gasteiger partial charge in [0.05, 0.1) is 0 Å². The van der Waals surface area contributed by atoms with E-state index in [2.05, 4.69) is 6.58 Å². The normalized spacial score (nSPS) is 12.5. The van der Waals surface area contributed by atoms with Crippen molar-refractivity contribution in [1.29, 1.82) is 0 Å². The molecule has 0 amide bonds. The van der Waals surface area contributed by atoms with Gasteiger partial charge in [0, 0.05) is 5.88 Å². The number of hydrogen-bond acceptors (Lipinski definition) is 2. The fourth-order valence-electron chi connectivity index (χ4n) is 0.550. The summed E-state index contributed by atoms with van der Waals surface area (Å²) < 4.78 is 0. The van der Waals surface area contributed by atoms with Gasteiger partial charge in [-0.15, -0.1) is 11.6 Å². The highest BCUT2D eigenvalue weighted by molar-refractivity contribution is 6.19. The van der Waals surface area contributed by atoms with Crippen molar-refractivity contribution in [3.05, 3.63) is 12.2 Å². The van der Waals surface area contributed by atoms with Gasteiger partial charge in [-0.2, -0.15) is 0 Å². The van der Waals surface area contributed by atoms with Gasteiger partial charge in [0.25, 0.3) is 0 Å². The van der Waals surface area contributed by atoms with Gasteiger partial charge in [0.1, 0.15) is 6.04 Å². The number of halogens is 1. The third-order valence-electron chi connectivity index (χ3n) is 1.32. The smallest absolute Gasteiger partial charge is 0.320 e. The Morgan fingerprint density at radius 2 is 2.27 bits per heavy atom. The summed E-state index contributed by atoms with van der Waals surface area (Å²) in [4.78, 5) is 10.2. The number of allylic oxidation sites excluding steroid dienone is 1. The minimum Gasteiger partial charge on any atom is -0.480 e. The molecular weight excluding hydrogens is 166 g/mol. The standard InChI is InChI=1S/C7H12ClNO2/c1-5(4-8)2-3-6(9)7(10)11/h6H,1-4,9H2,(H,10,11)/t6-/m0/s1. The lowest BCUT2D eigenvalue weighted by Gasteiger charge is -2.05. The minimum absolute atomic E-state index is 0.367. The number of nitrogens with two attached hydrogens (primary N) is 1. The molecule has 0 spiro atoms. The van der Waals surface area contributed by atoms with Crippen LogP contribution in [-0.2, 0) is 4.79 Å². The van der Waals surface area contributed by atoms with E-state index in [4.69, 9.17) is 22.4 Å². The van der Waals surface area contributed by atoms with Crippen molar-refractivity contribution in [2.24, 2.45) is 5.73 Å². The van der Waals surface area contributed by atoms with Crippen molar-refractivity contribution in [3.63, 3.8) is 0 Å². The van der Waals surface area contributed by atoms with Crippen molar-refractivity contribution < 1.29 is 9.90 Å². The first-order valence-corrected chi connectivity index (χ1v) is 3.82. The van der Waals surface area contributed by atoms with Gasteiger partial charge in [0.15, 0.2) is 0 Å². The molecule has 0 saturated heterocycles. The summed E-state index contributed by atoms with van der Waals surface area (Å²) in [6.45, 7) is 3.62. The minimum atomic E-state index is -0.979. The highest BCUT2D eigenvalue weighted by atomic mass is 35.5. The van der Waals surface area contributed by atoms with E-state index < -0.39 is 12.0 Å². The molecule has 0 aliphatic rings. The van der Waals surface area contributed by atoms with Gasteiger partial charge in [-0.1, -0.05) is 12.2 Å². The maximum atomic E-state index is 10.2. The maximum absolute atomic E-state index is 10.2. The zero-order chi connectivity index (χ0) is 8.85. The number of alkyl halides is 1. The number of rotatable bonds is 5. The van der Waals surface area contributed by atoms with Crippen molar-refractivity contribution in [1.82, 2.24) is 0 Å². The van der Waals surface area contributed by atoms with E-state index in [1.807, 2.05) is 0 Å². The molecule has 3 N–H and O–H groups in total. The fraction of sp³-hybridized carbons (Fsp3) is 0.571. The van der Waals surface area contributed by atoms with Crippen LogP contribution in [0, 0.1) is 0 Å². The Morgan fingerprint density at radius 3 is 2.64 bits per heavy atom. The van der Waals surface area contributed by atoms with Gasteiger partial charge in [-0.05, 0) is 12.8 Å². The largest absolute Gasteiger partial charge is 0.480 e. The van der Waals surface area contributed by atoms with E-state index in [9.17, 15) is 4.79 Å². The second-order valence-corrected chi connectivity index (χ2v) is 2.63. The number of carboxylic acid groups (broad SMARTS) is 1. The van der Waals surface area contributed by atoms with Crippen LogP contribution in [0.15, 0.2) is 12.2 Å². The van der Waals surface area contributed by atoms with Crippen LogP contribution in [-0.4, -0.2) is 23.0 Å². The van der Waals surface area contributed by atoms with Gasteiger partial charge in [0.2, 0.25) is 0 Å². The van der Waals surface area contributed by atoms with Crippen molar-refractivity contribution in [3.8, 4) is 0 Å². The van der Waals surface area contributed by atoms with Crippen LogP contribution in [0.3, 0.4) is 0 Å². The predicted octanol–water partition coefficient (Wildman–Crippen LogP) is 0.974. The lowest BCUT2D eigenvalue weighted by atomic mass is 10.1. The molecule has 64 valence electrons. The van der Waals surface area contributed by atoms with Gasteiger partial charge in [-0.3, -0.25) is 4.79 Å². The van der Waals surface area contributed by atoms with Gasteiger partial charge < -0.3 is 10.8 Å². The molecule has 4 heteroatoms. The number of aliphatic carboxylic acids is 1. The molecule has 1 atom stereocenters. The molecule has 0 radical (unpaired) electrons. The first-order valence-electron chi connectivity index (χ1n) is 3.29. The molecular formula is C7H12ClNO2. The van der Waals surface area contributed by atoms with E-state index in [0.29, 0.717) is 18.7 Å². The van der Waals surface area contributed by atoms with Crippen molar-refractivity contribution >= 4 is 17.6 Å². The summed E-state index contributed by atoms with van der Waals surface area (Å²) in [7, 11) is 0. The highest BCUT2D eigenvalue weighted by Gasteiger charge is 2.10. The Kier molecular flexibility index (Phi) is 4.90. The first kappa shape index (κ1) is 10.5. The first-order chi connectivity index (χ1) is 5.07. The SMILES string of the molecule is C=C(CCl)CC[C@H](N)C(=O)O. The molecule has 0 unspecified atom stereocenters. The number of carbonyl (C=O) groups is 1. The second kappa shape index (κ2) is 5.16. The summed E-state index contributed by atoms with van der Waals surface area (Å²) >= 11 is 5.43. The van der Waals surface area contributed by atoms with E-state index in [0.717, 1.165) is 5.57 Å². The van der Waals surface area contributed by atoms with E-state index in [1.54, 1.807) is 0 Å². The summed E-state index contributed by atoms with van der Waals surface area (Å²) in [6.07, 6.45) is 0.984. The van der Waals surface area contributed by atoms with Crippen molar-refractivity contribution in [2.75, 3.05) is 5.88 Å². The molecule has 0 aromatic carbocycles. The summed E-state index contributed by atoms with van der Waals surface area (Å²) in [5.41, 5.74) is 6.06. The Labute approximate surface area is 70.8 Å². The summed E-state index contributed by atoms with van der Waals surface area (Å²) in [6, 6.07) is -0.796.